The normalized spacial score (nSPS) is 12.0. The van der Waals surface area contributed by atoms with Crippen LogP contribution in [0.25, 0.3) is 0 Å². The minimum absolute atomic E-state index is 0.00828. The maximum Gasteiger partial charge on any atom is 0.253 e. The summed E-state index contributed by atoms with van der Waals surface area (Å²) < 4.78 is 0.493. The van der Waals surface area contributed by atoms with Gasteiger partial charge in [0, 0.05) is 30.8 Å². The molecule has 118 valence electrons. The molecule has 0 heterocycles. The molecule has 2 amide bonds. The van der Waals surface area contributed by atoms with Crippen molar-refractivity contribution in [3.63, 3.8) is 0 Å². The van der Waals surface area contributed by atoms with Crippen molar-refractivity contribution in [2.75, 3.05) is 19.4 Å². The van der Waals surface area contributed by atoms with E-state index in [0.29, 0.717) is 10.2 Å². The molecule has 6 nitrogen and oxygen atoms in total. The van der Waals surface area contributed by atoms with Gasteiger partial charge in [-0.2, -0.15) is 0 Å². The van der Waals surface area contributed by atoms with Crippen molar-refractivity contribution < 1.29 is 14.7 Å². The molecule has 22 heavy (non-hydrogen) atoms. The van der Waals surface area contributed by atoms with E-state index in [-0.39, 0.29) is 22.0 Å². The third kappa shape index (κ3) is 4.57. The number of allylic oxidation sites excluding steroid dienone is 1. The highest BCUT2D eigenvalue weighted by Crippen LogP contribution is 2.31. The first-order valence-corrected chi connectivity index (χ1v) is 7.33. The zero-order valence-corrected chi connectivity index (χ0v) is 14.5. The number of amides is 2. The summed E-state index contributed by atoms with van der Waals surface area (Å²) in [5.74, 6) is -1.26. The van der Waals surface area contributed by atoms with Crippen molar-refractivity contribution in [3.8, 4) is 5.75 Å². The summed E-state index contributed by atoms with van der Waals surface area (Å²) in [7, 11) is 3.01. The van der Waals surface area contributed by atoms with Crippen LogP contribution in [-0.4, -0.2) is 35.6 Å². The molecule has 0 spiro atoms. The molecule has 0 unspecified atom stereocenters. The number of carbonyl (C=O) groups excluding carboxylic acids is 2. The van der Waals surface area contributed by atoms with E-state index in [2.05, 4.69) is 31.6 Å². The molecule has 0 saturated carbocycles. The number of halogens is 2. The SMILES string of the molecule is CN=C(Br)/C=C(\C)C(=O)Nc1c(O)cc(Cl)cc1C(=O)NC. The number of hydrogen-bond donors (Lipinski definition) is 3. The van der Waals surface area contributed by atoms with Crippen LogP contribution in [-0.2, 0) is 4.79 Å². The molecule has 0 aliphatic heterocycles. The first-order valence-electron chi connectivity index (χ1n) is 6.16. The number of phenolic OH excluding ortho intramolecular Hbond substituents is 1. The van der Waals surface area contributed by atoms with Crippen molar-refractivity contribution in [3.05, 3.63) is 34.4 Å². The molecule has 3 N–H and O–H groups in total. The van der Waals surface area contributed by atoms with Gasteiger partial charge in [-0.3, -0.25) is 14.6 Å². The second-order valence-electron chi connectivity index (χ2n) is 4.25. The largest absolute Gasteiger partial charge is 0.506 e. The van der Waals surface area contributed by atoms with Gasteiger partial charge in [0.15, 0.2) is 0 Å². The summed E-state index contributed by atoms with van der Waals surface area (Å²) in [4.78, 5) is 27.8. The van der Waals surface area contributed by atoms with Gasteiger partial charge in [-0.05, 0) is 35.0 Å². The Labute approximate surface area is 141 Å². The number of rotatable bonds is 4. The molecular weight excluding hydrogens is 374 g/mol. The number of aliphatic imine (C=N–C) groups is 1. The average molecular weight is 389 g/mol. The molecule has 0 fully saturated rings. The predicted molar refractivity (Wildman–Crippen MR) is 91.2 cm³/mol. The number of aromatic hydroxyl groups is 1. The Balaban J connectivity index is 3.20. The lowest BCUT2D eigenvalue weighted by Crippen LogP contribution is -2.22. The minimum atomic E-state index is -0.483. The fourth-order valence-corrected chi connectivity index (χ4v) is 2.11. The number of phenols is 1. The molecule has 0 aliphatic rings. The Morgan fingerprint density at radius 1 is 1.41 bits per heavy atom. The van der Waals surface area contributed by atoms with Crippen LogP contribution in [0.4, 0.5) is 5.69 Å². The number of hydrogen-bond acceptors (Lipinski definition) is 4. The van der Waals surface area contributed by atoms with Gasteiger partial charge in [-0.25, -0.2) is 0 Å². The number of carbonyl (C=O) groups is 2. The van der Waals surface area contributed by atoms with Crippen LogP contribution in [0.1, 0.15) is 17.3 Å². The Bertz CT molecular complexity index is 672. The van der Waals surface area contributed by atoms with Crippen molar-refractivity contribution in [1.29, 1.82) is 0 Å². The summed E-state index contributed by atoms with van der Waals surface area (Å²) in [5.41, 5.74) is 0.401. The zero-order chi connectivity index (χ0) is 16.9. The summed E-state index contributed by atoms with van der Waals surface area (Å²) in [6, 6.07) is 2.60. The van der Waals surface area contributed by atoms with Gasteiger partial charge < -0.3 is 15.7 Å². The third-order valence-corrected chi connectivity index (χ3v) is 3.50. The van der Waals surface area contributed by atoms with Crippen LogP contribution >= 0.6 is 27.5 Å². The van der Waals surface area contributed by atoms with E-state index in [4.69, 9.17) is 11.6 Å². The quantitative estimate of drug-likeness (QED) is 0.421. The molecule has 0 aliphatic carbocycles. The lowest BCUT2D eigenvalue weighted by atomic mass is 10.1. The molecule has 1 aromatic carbocycles. The van der Waals surface area contributed by atoms with E-state index in [1.165, 1.54) is 25.3 Å². The smallest absolute Gasteiger partial charge is 0.253 e. The van der Waals surface area contributed by atoms with Crippen LogP contribution in [0.2, 0.25) is 5.02 Å². The van der Waals surface area contributed by atoms with E-state index >= 15 is 0 Å². The highest BCUT2D eigenvalue weighted by molar-refractivity contribution is 9.18. The van der Waals surface area contributed by atoms with E-state index < -0.39 is 11.8 Å². The van der Waals surface area contributed by atoms with Gasteiger partial charge in [0.2, 0.25) is 0 Å². The fourth-order valence-electron chi connectivity index (χ4n) is 1.56. The van der Waals surface area contributed by atoms with E-state index in [1.807, 2.05) is 0 Å². The third-order valence-electron chi connectivity index (χ3n) is 2.70. The van der Waals surface area contributed by atoms with Crippen molar-refractivity contribution in [2.24, 2.45) is 4.99 Å². The monoisotopic (exact) mass is 387 g/mol. The average Bonchev–Trinajstić information content (AvgIpc) is 2.48. The van der Waals surface area contributed by atoms with Crippen LogP contribution in [0.5, 0.6) is 5.75 Å². The van der Waals surface area contributed by atoms with Gasteiger partial charge in [-0.15, -0.1) is 0 Å². The number of anilines is 1. The van der Waals surface area contributed by atoms with E-state index in [0.717, 1.165) is 0 Å². The second-order valence-corrected chi connectivity index (χ2v) is 5.50. The molecule has 1 aromatic rings. The highest BCUT2D eigenvalue weighted by Gasteiger charge is 2.18. The predicted octanol–water partition coefficient (Wildman–Crippen LogP) is 2.71. The van der Waals surface area contributed by atoms with Gasteiger partial charge in [0.25, 0.3) is 11.8 Å². The Hall–Kier alpha value is -1.86. The van der Waals surface area contributed by atoms with Crippen LogP contribution in [0.15, 0.2) is 28.8 Å². The minimum Gasteiger partial charge on any atom is -0.506 e. The van der Waals surface area contributed by atoms with Crippen molar-refractivity contribution in [1.82, 2.24) is 5.32 Å². The van der Waals surface area contributed by atoms with Crippen LogP contribution < -0.4 is 10.6 Å². The molecule has 8 heteroatoms. The zero-order valence-electron chi connectivity index (χ0n) is 12.2. The highest BCUT2D eigenvalue weighted by atomic mass is 79.9. The van der Waals surface area contributed by atoms with Crippen molar-refractivity contribution in [2.45, 2.75) is 6.92 Å². The summed E-state index contributed by atoms with van der Waals surface area (Å²) in [6.07, 6.45) is 1.52. The molecule has 0 aromatic heterocycles. The Morgan fingerprint density at radius 3 is 2.59 bits per heavy atom. The first-order chi connectivity index (χ1) is 10.3. The summed E-state index contributed by atoms with van der Waals surface area (Å²) in [6.45, 7) is 1.58. The van der Waals surface area contributed by atoms with E-state index in [9.17, 15) is 14.7 Å². The molecule has 1 rings (SSSR count). The maximum absolute atomic E-state index is 12.1. The molecular formula is C14H15BrClN3O3. The molecule has 0 bridgehead atoms. The summed E-state index contributed by atoms with van der Waals surface area (Å²) >= 11 is 8.99. The van der Waals surface area contributed by atoms with Gasteiger partial charge in [0.1, 0.15) is 10.4 Å². The van der Waals surface area contributed by atoms with Crippen LogP contribution in [0, 0.1) is 0 Å². The molecule has 0 saturated heterocycles. The lowest BCUT2D eigenvalue weighted by Gasteiger charge is -2.13. The Kier molecular flexibility index (Phi) is 6.58. The van der Waals surface area contributed by atoms with Crippen molar-refractivity contribution >= 4 is 49.7 Å². The number of benzene rings is 1. The van der Waals surface area contributed by atoms with Gasteiger partial charge >= 0.3 is 0 Å². The fraction of sp³-hybridized carbons (Fsp3) is 0.214. The second kappa shape index (κ2) is 7.95. The van der Waals surface area contributed by atoms with Gasteiger partial charge in [-0.1, -0.05) is 11.6 Å². The number of nitrogens with one attached hydrogen (secondary N) is 2. The Morgan fingerprint density at radius 2 is 2.05 bits per heavy atom. The molecule has 0 radical (unpaired) electrons. The maximum atomic E-state index is 12.1. The molecule has 0 atom stereocenters. The summed E-state index contributed by atoms with van der Waals surface area (Å²) in [5, 5.41) is 15.0. The number of nitrogens with zero attached hydrogens (tertiary/aromatic N) is 1. The topological polar surface area (TPSA) is 90.8 Å². The lowest BCUT2D eigenvalue weighted by molar-refractivity contribution is -0.112. The first kappa shape index (κ1) is 18.2. The standard InChI is InChI=1S/C14H15BrClN3O3/c1-7(4-11(15)17-2)13(21)19-12-9(14(22)18-3)5-8(16)6-10(12)20/h4-6,20H,1-3H3,(H,18,22)(H,19,21)/b7-4+,17-11?. The van der Waals surface area contributed by atoms with Gasteiger partial charge in [0.05, 0.1) is 11.3 Å². The van der Waals surface area contributed by atoms with E-state index in [1.54, 1.807) is 14.0 Å². The van der Waals surface area contributed by atoms with Crippen LogP contribution in [0.3, 0.4) is 0 Å².